The van der Waals surface area contributed by atoms with Crippen LogP contribution in [0.4, 0.5) is 0 Å². The van der Waals surface area contributed by atoms with Gasteiger partial charge in [-0.05, 0) is 14.0 Å². The normalized spacial score (nSPS) is 9.43. The Morgan fingerprint density at radius 3 is 1.43 bits per heavy atom. The van der Waals surface area contributed by atoms with Crippen molar-refractivity contribution in [3.8, 4) is 0 Å². The van der Waals surface area contributed by atoms with Crippen LogP contribution in [0.25, 0.3) is 0 Å². The van der Waals surface area contributed by atoms with Crippen LogP contribution in [0.5, 0.6) is 0 Å². The maximum atomic E-state index is 8.05. The standard InChI is InChI=1S/C2H4Cl2O.CH5N/c1-2(3,4)5;1-2/h5H,1H3;2H2,1H3. The van der Waals surface area contributed by atoms with Gasteiger partial charge < -0.3 is 10.8 Å². The van der Waals surface area contributed by atoms with Gasteiger partial charge in [-0.3, -0.25) is 0 Å². The number of aliphatic hydroxyl groups is 1. The highest BCUT2D eigenvalue weighted by molar-refractivity contribution is 6.46. The first kappa shape index (κ1) is 10.5. The van der Waals surface area contributed by atoms with Crippen LogP contribution in [0.2, 0.25) is 0 Å². The fourth-order valence-corrected chi connectivity index (χ4v) is 0. The Morgan fingerprint density at radius 2 is 1.43 bits per heavy atom. The second-order valence-electron chi connectivity index (χ2n) is 0.842. The minimum absolute atomic E-state index is 1.27. The third-order valence-corrected chi connectivity index (χ3v) is 0. The summed E-state index contributed by atoms with van der Waals surface area (Å²) in [6.45, 7) is 1.27. The van der Waals surface area contributed by atoms with Gasteiger partial charge in [0.05, 0.1) is 0 Å². The summed E-state index contributed by atoms with van der Waals surface area (Å²) in [6, 6.07) is 0. The van der Waals surface area contributed by atoms with Crippen LogP contribution < -0.4 is 5.73 Å². The number of rotatable bonds is 0. The zero-order valence-electron chi connectivity index (χ0n) is 4.28. The summed E-state index contributed by atoms with van der Waals surface area (Å²) < 4.78 is -1.56. The molecule has 0 radical (unpaired) electrons. The first-order valence-electron chi connectivity index (χ1n) is 1.68. The maximum Gasteiger partial charge on any atom is 0.212 e. The van der Waals surface area contributed by atoms with Crippen LogP contribution in [-0.4, -0.2) is 16.7 Å². The van der Waals surface area contributed by atoms with Crippen LogP contribution in [-0.2, 0) is 0 Å². The molecule has 0 unspecified atom stereocenters. The molecule has 0 amide bonds. The van der Waals surface area contributed by atoms with E-state index < -0.39 is 4.52 Å². The SMILES string of the molecule is CC(O)(Cl)Cl.CN. The molecular weight excluding hydrogens is 137 g/mol. The van der Waals surface area contributed by atoms with Crippen molar-refractivity contribution >= 4 is 23.2 Å². The first-order chi connectivity index (χ1) is 3.00. The van der Waals surface area contributed by atoms with Gasteiger partial charge in [-0.25, -0.2) is 0 Å². The molecule has 3 N–H and O–H groups in total. The Bertz CT molecular complexity index is 28.4. The quantitative estimate of drug-likeness (QED) is 0.494. The van der Waals surface area contributed by atoms with Crippen LogP contribution in [0.1, 0.15) is 6.92 Å². The van der Waals surface area contributed by atoms with Gasteiger partial charge in [0.1, 0.15) is 0 Å². The molecule has 0 heterocycles. The topological polar surface area (TPSA) is 46.2 Å². The second kappa shape index (κ2) is 4.65. The molecule has 0 aromatic rings. The summed E-state index contributed by atoms with van der Waals surface area (Å²) in [5, 5.41) is 8.05. The Kier molecular flexibility index (Phi) is 6.96. The summed E-state index contributed by atoms with van der Waals surface area (Å²) in [6.07, 6.45) is 0. The van der Waals surface area contributed by atoms with Gasteiger partial charge in [0.2, 0.25) is 4.52 Å². The fourth-order valence-electron chi connectivity index (χ4n) is 0. The predicted molar refractivity (Wildman–Crippen MR) is 32.4 cm³/mol. The number of hydrogen-bond donors (Lipinski definition) is 2. The molecular formula is C3H9Cl2NO. The van der Waals surface area contributed by atoms with Gasteiger partial charge >= 0.3 is 0 Å². The predicted octanol–water partition coefficient (Wildman–Crippen LogP) is 0.705. The van der Waals surface area contributed by atoms with Crippen molar-refractivity contribution < 1.29 is 5.11 Å². The van der Waals surface area contributed by atoms with E-state index in [4.69, 9.17) is 28.3 Å². The lowest BCUT2D eigenvalue weighted by molar-refractivity contribution is 0.236. The Hall–Kier alpha value is 0.500. The lowest BCUT2D eigenvalue weighted by Gasteiger charge is -1.97. The smallest absolute Gasteiger partial charge is 0.212 e. The van der Waals surface area contributed by atoms with Crippen molar-refractivity contribution in [2.24, 2.45) is 5.73 Å². The number of nitrogens with two attached hydrogens (primary N) is 1. The van der Waals surface area contributed by atoms with Crippen LogP contribution in [0.3, 0.4) is 0 Å². The second-order valence-corrected chi connectivity index (χ2v) is 2.51. The third kappa shape index (κ3) is 527. The highest BCUT2D eigenvalue weighted by Gasteiger charge is 2.05. The van der Waals surface area contributed by atoms with Crippen molar-refractivity contribution in [1.82, 2.24) is 0 Å². The molecule has 2 nitrogen and oxygen atoms in total. The molecule has 0 aromatic carbocycles. The van der Waals surface area contributed by atoms with Crippen LogP contribution >= 0.6 is 23.2 Å². The molecule has 0 aliphatic rings. The lowest BCUT2D eigenvalue weighted by atomic mass is 10.9. The molecule has 46 valence electrons. The Balaban J connectivity index is 0. The lowest BCUT2D eigenvalue weighted by Crippen LogP contribution is -2.00. The highest BCUT2D eigenvalue weighted by Crippen LogP contribution is 2.12. The zero-order chi connectivity index (χ0) is 6.50. The number of hydrogen-bond acceptors (Lipinski definition) is 2. The van der Waals surface area contributed by atoms with E-state index in [9.17, 15) is 0 Å². The summed E-state index contributed by atoms with van der Waals surface area (Å²) in [5.41, 5.74) is 4.50. The molecule has 7 heavy (non-hydrogen) atoms. The van der Waals surface area contributed by atoms with Crippen molar-refractivity contribution in [1.29, 1.82) is 0 Å². The van der Waals surface area contributed by atoms with Gasteiger partial charge in [0, 0.05) is 0 Å². The third-order valence-electron chi connectivity index (χ3n) is 0. The van der Waals surface area contributed by atoms with Crippen LogP contribution in [0, 0.1) is 0 Å². The molecule has 0 aromatic heterocycles. The first-order valence-corrected chi connectivity index (χ1v) is 2.43. The van der Waals surface area contributed by atoms with Crippen LogP contribution in [0.15, 0.2) is 0 Å². The van der Waals surface area contributed by atoms with Gasteiger partial charge in [-0.2, -0.15) is 0 Å². The highest BCUT2D eigenvalue weighted by atomic mass is 35.5. The Labute approximate surface area is 53.2 Å². The zero-order valence-corrected chi connectivity index (χ0v) is 5.79. The van der Waals surface area contributed by atoms with Gasteiger partial charge in [-0.1, -0.05) is 23.2 Å². The summed E-state index contributed by atoms with van der Waals surface area (Å²) in [7, 11) is 1.50. The monoisotopic (exact) mass is 145 g/mol. The minimum atomic E-state index is -1.56. The largest absolute Gasteiger partial charge is 0.363 e. The molecule has 0 saturated heterocycles. The number of halogens is 2. The minimum Gasteiger partial charge on any atom is -0.363 e. The molecule has 0 atom stereocenters. The van der Waals surface area contributed by atoms with E-state index in [0.717, 1.165) is 0 Å². The van der Waals surface area contributed by atoms with E-state index in [1.807, 2.05) is 0 Å². The van der Waals surface area contributed by atoms with Crippen molar-refractivity contribution in [2.45, 2.75) is 11.4 Å². The Morgan fingerprint density at radius 1 is 1.43 bits per heavy atom. The van der Waals surface area contributed by atoms with E-state index in [1.54, 1.807) is 0 Å². The fraction of sp³-hybridized carbons (Fsp3) is 1.00. The molecule has 0 spiro atoms. The van der Waals surface area contributed by atoms with E-state index in [1.165, 1.54) is 14.0 Å². The van der Waals surface area contributed by atoms with Crippen molar-refractivity contribution in [3.63, 3.8) is 0 Å². The van der Waals surface area contributed by atoms with Crippen molar-refractivity contribution in [2.75, 3.05) is 7.05 Å². The van der Waals surface area contributed by atoms with Gasteiger partial charge in [0.25, 0.3) is 0 Å². The summed E-state index contributed by atoms with van der Waals surface area (Å²) in [4.78, 5) is 0. The molecule has 0 fully saturated rings. The average Bonchev–Trinajstić information content (AvgIpc) is 1.36. The number of alkyl halides is 2. The molecule has 0 aliphatic heterocycles. The summed E-state index contributed by atoms with van der Waals surface area (Å²) >= 11 is 9.70. The van der Waals surface area contributed by atoms with Gasteiger partial charge in [0.15, 0.2) is 0 Å². The molecule has 4 heteroatoms. The molecule has 0 saturated carbocycles. The maximum absolute atomic E-state index is 8.05. The van der Waals surface area contributed by atoms with E-state index in [0.29, 0.717) is 0 Å². The van der Waals surface area contributed by atoms with Crippen molar-refractivity contribution in [3.05, 3.63) is 0 Å². The van der Waals surface area contributed by atoms with E-state index >= 15 is 0 Å². The van der Waals surface area contributed by atoms with E-state index in [2.05, 4.69) is 5.73 Å². The molecule has 0 bridgehead atoms. The summed E-state index contributed by atoms with van der Waals surface area (Å²) in [5.74, 6) is 0. The molecule has 0 rings (SSSR count). The van der Waals surface area contributed by atoms with Gasteiger partial charge in [-0.15, -0.1) is 0 Å². The molecule has 0 aliphatic carbocycles. The van der Waals surface area contributed by atoms with E-state index in [-0.39, 0.29) is 0 Å². The average molecular weight is 146 g/mol.